The van der Waals surface area contributed by atoms with Gasteiger partial charge in [0.2, 0.25) is 5.78 Å². The molecule has 1 saturated heterocycles. The van der Waals surface area contributed by atoms with Gasteiger partial charge in [-0.3, -0.25) is 18.9 Å². The van der Waals surface area contributed by atoms with Crippen LogP contribution < -0.4 is 0 Å². The molecule has 1 atom stereocenters. The Kier molecular flexibility index (Phi) is 6.13. The second-order valence-corrected chi connectivity index (χ2v) is 6.86. The molecule has 0 saturated carbocycles. The van der Waals surface area contributed by atoms with Crippen LogP contribution in [0.15, 0.2) is 0 Å². The van der Waals surface area contributed by atoms with Crippen LogP contribution in [0.5, 0.6) is 0 Å². The van der Waals surface area contributed by atoms with E-state index in [2.05, 4.69) is 4.84 Å². The zero-order valence-electron chi connectivity index (χ0n) is 13.1. The fourth-order valence-corrected chi connectivity index (χ4v) is 2.91. The van der Waals surface area contributed by atoms with Crippen molar-refractivity contribution in [2.45, 2.75) is 49.7 Å². The Bertz CT molecular complexity index is 720. The Hall–Kier alpha value is -2.09. The largest absolute Gasteiger partial charge is 0.414 e. The fraction of sp³-hybridized carbons (Fsp3) is 0.667. The summed E-state index contributed by atoms with van der Waals surface area (Å²) in [6, 6.07) is 0. The van der Waals surface area contributed by atoms with Gasteiger partial charge in [0.1, 0.15) is 0 Å². The molecule has 1 heterocycles. The number of amides is 2. The summed E-state index contributed by atoms with van der Waals surface area (Å²) in [5.74, 6) is -20.3. The van der Waals surface area contributed by atoms with Crippen LogP contribution >= 0.6 is 0 Å². The van der Waals surface area contributed by atoms with Gasteiger partial charge in [0, 0.05) is 12.8 Å². The van der Waals surface area contributed by atoms with Gasteiger partial charge in [-0.2, -0.15) is 26.0 Å². The minimum Gasteiger partial charge on any atom is -0.324 e. The lowest BCUT2D eigenvalue weighted by molar-refractivity contribution is -0.245. The number of hydrogen-bond donors (Lipinski definition) is 1. The molecule has 148 valence electrons. The standard InChI is InChI=1S/C12H13F4NO8S/c1-2-3-6(26(22,23)24)9(20)11(13,14)12(15,16)10(21)25-17-7(18)4-5-8(17)19/h6H,2-5H2,1H3,(H,22,23,24). The predicted octanol–water partition coefficient (Wildman–Crippen LogP) is 0.490. The Morgan fingerprint density at radius 3 is 2.00 bits per heavy atom. The molecule has 0 spiro atoms. The molecule has 1 aliphatic heterocycles. The SMILES string of the molecule is CCCC(C(=O)C(F)(F)C(F)(F)C(=O)ON1C(=O)CCC1=O)S(=O)(=O)O. The number of carbonyl (C=O) groups is 4. The predicted molar refractivity (Wildman–Crippen MR) is 72.3 cm³/mol. The van der Waals surface area contributed by atoms with Gasteiger partial charge in [0.15, 0.2) is 5.25 Å². The van der Waals surface area contributed by atoms with Crippen molar-refractivity contribution < 1.29 is 54.5 Å². The molecule has 26 heavy (non-hydrogen) atoms. The minimum absolute atomic E-state index is 0.251. The molecule has 0 aromatic heterocycles. The van der Waals surface area contributed by atoms with Gasteiger partial charge in [-0.25, -0.2) is 4.79 Å². The monoisotopic (exact) mass is 407 g/mol. The number of Topliss-reactive ketones (excluding diaryl/α,β-unsaturated/α-hetero) is 1. The molecule has 0 radical (unpaired) electrons. The van der Waals surface area contributed by atoms with Crippen molar-refractivity contribution in [3.63, 3.8) is 0 Å². The zero-order valence-corrected chi connectivity index (χ0v) is 13.9. The van der Waals surface area contributed by atoms with Crippen LogP contribution in [0.1, 0.15) is 32.6 Å². The van der Waals surface area contributed by atoms with Crippen molar-refractivity contribution in [1.82, 2.24) is 5.06 Å². The lowest BCUT2D eigenvalue weighted by atomic mass is 10.0. The van der Waals surface area contributed by atoms with E-state index >= 15 is 0 Å². The van der Waals surface area contributed by atoms with Gasteiger partial charge in [-0.15, -0.1) is 5.06 Å². The van der Waals surface area contributed by atoms with Gasteiger partial charge in [0.05, 0.1) is 0 Å². The summed E-state index contributed by atoms with van der Waals surface area (Å²) >= 11 is 0. The molecular formula is C12H13F4NO8S. The number of halogens is 4. The maximum absolute atomic E-state index is 13.9. The van der Waals surface area contributed by atoms with Gasteiger partial charge in [-0.05, 0) is 6.42 Å². The highest BCUT2D eigenvalue weighted by molar-refractivity contribution is 7.87. The Balaban J connectivity index is 3.14. The summed E-state index contributed by atoms with van der Waals surface area (Å²) in [5.41, 5.74) is 0. The number of imide groups is 1. The molecule has 1 rings (SSSR count). The van der Waals surface area contributed by atoms with Crippen LogP contribution in [-0.2, 0) is 34.1 Å². The Morgan fingerprint density at radius 1 is 1.15 bits per heavy atom. The molecule has 2 amide bonds. The average molecular weight is 407 g/mol. The van der Waals surface area contributed by atoms with Crippen molar-refractivity contribution >= 4 is 33.7 Å². The summed E-state index contributed by atoms with van der Waals surface area (Å²) in [7, 11) is -5.47. The molecular weight excluding hydrogens is 394 g/mol. The molecule has 14 heteroatoms. The Morgan fingerprint density at radius 2 is 1.62 bits per heavy atom. The molecule has 1 N–H and O–H groups in total. The third kappa shape index (κ3) is 4.00. The third-order valence-corrected chi connectivity index (χ3v) is 4.51. The Labute approximate surface area is 144 Å². The molecule has 1 aliphatic rings. The van der Waals surface area contributed by atoms with Crippen LogP contribution in [-0.4, -0.2) is 58.7 Å². The summed E-state index contributed by atoms with van der Waals surface area (Å²) in [5, 5.41) is -3.35. The van der Waals surface area contributed by atoms with Crippen LogP contribution in [0.4, 0.5) is 17.6 Å². The van der Waals surface area contributed by atoms with E-state index in [4.69, 9.17) is 4.55 Å². The highest BCUT2D eigenvalue weighted by atomic mass is 32.2. The number of carbonyl (C=O) groups excluding carboxylic acids is 4. The molecule has 0 aromatic rings. The lowest BCUT2D eigenvalue weighted by Gasteiger charge is -2.26. The molecule has 0 bridgehead atoms. The van der Waals surface area contributed by atoms with E-state index in [1.807, 2.05) is 0 Å². The molecule has 1 fully saturated rings. The van der Waals surface area contributed by atoms with Crippen LogP contribution in [0.2, 0.25) is 0 Å². The lowest BCUT2D eigenvalue weighted by Crippen LogP contribution is -2.58. The van der Waals surface area contributed by atoms with E-state index in [-0.39, 0.29) is 6.42 Å². The molecule has 0 aliphatic carbocycles. The second kappa shape index (κ2) is 7.26. The van der Waals surface area contributed by atoms with Crippen LogP contribution in [0.3, 0.4) is 0 Å². The first kappa shape index (κ1) is 22.0. The number of hydrogen-bond acceptors (Lipinski definition) is 7. The van der Waals surface area contributed by atoms with Gasteiger partial charge < -0.3 is 4.84 Å². The van der Waals surface area contributed by atoms with Crippen LogP contribution in [0.25, 0.3) is 0 Å². The van der Waals surface area contributed by atoms with E-state index in [1.54, 1.807) is 0 Å². The topological polar surface area (TPSA) is 135 Å². The van der Waals surface area contributed by atoms with Crippen molar-refractivity contribution in [3.8, 4) is 0 Å². The number of alkyl halides is 4. The number of ketones is 1. The number of nitrogens with zero attached hydrogens (tertiary/aromatic N) is 1. The van der Waals surface area contributed by atoms with Crippen molar-refractivity contribution in [2.24, 2.45) is 0 Å². The first-order valence-electron chi connectivity index (χ1n) is 7.02. The fourth-order valence-electron chi connectivity index (χ4n) is 1.96. The summed E-state index contributed by atoms with van der Waals surface area (Å²) < 4.78 is 86.1. The van der Waals surface area contributed by atoms with Gasteiger partial charge in [0.25, 0.3) is 21.9 Å². The number of rotatable bonds is 8. The summed E-state index contributed by atoms with van der Waals surface area (Å²) in [4.78, 5) is 48.9. The smallest absolute Gasteiger partial charge is 0.324 e. The highest BCUT2D eigenvalue weighted by Gasteiger charge is 2.70. The minimum atomic E-state index is -5.91. The molecule has 0 aromatic carbocycles. The van der Waals surface area contributed by atoms with E-state index in [9.17, 15) is 45.2 Å². The maximum Gasteiger partial charge on any atom is 0.414 e. The summed E-state index contributed by atoms with van der Waals surface area (Å²) in [6.07, 6.45) is -2.18. The second-order valence-electron chi connectivity index (χ2n) is 5.27. The van der Waals surface area contributed by atoms with Crippen molar-refractivity contribution in [3.05, 3.63) is 0 Å². The zero-order chi connectivity index (χ0) is 20.5. The number of hydroxylamine groups is 2. The normalized spacial score (nSPS) is 17.4. The molecule has 9 nitrogen and oxygen atoms in total. The first-order valence-corrected chi connectivity index (χ1v) is 8.52. The van der Waals surface area contributed by atoms with E-state index < -0.39 is 75.1 Å². The van der Waals surface area contributed by atoms with Gasteiger partial charge in [-0.1, -0.05) is 13.3 Å². The van der Waals surface area contributed by atoms with Gasteiger partial charge >= 0.3 is 17.8 Å². The van der Waals surface area contributed by atoms with Crippen molar-refractivity contribution in [2.75, 3.05) is 0 Å². The van der Waals surface area contributed by atoms with E-state index in [0.717, 1.165) is 0 Å². The quantitative estimate of drug-likeness (QED) is 0.349. The highest BCUT2D eigenvalue weighted by Crippen LogP contribution is 2.39. The van der Waals surface area contributed by atoms with E-state index in [0.29, 0.717) is 0 Å². The molecule has 1 unspecified atom stereocenters. The first-order chi connectivity index (χ1) is 11.7. The summed E-state index contributed by atoms with van der Waals surface area (Å²) in [6.45, 7) is 1.22. The third-order valence-electron chi connectivity index (χ3n) is 3.34. The average Bonchev–Trinajstić information content (AvgIpc) is 2.82. The van der Waals surface area contributed by atoms with E-state index in [1.165, 1.54) is 6.92 Å². The van der Waals surface area contributed by atoms with Crippen molar-refractivity contribution in [1.29, 1.82) is 0 Å². The maximum atomic E-state index is 13.9. The van der Waals surface area contributed by atoms with Crippen LogP contribution in [0, 0.1) is 0 Å².